The van der Waals surface area contributed by atoms with E-state index < -0.39 is 24.2 Å². The third-order valence-electron chi connectivity index (χ3n) is 9.24. The fourth-order valence-corrected chi connectivity index (χ4v) is 6.10. The number of alkyl halides is 3. The molecule has 282 valence electrons. The standard InChI is InChI=1S/C42H51F3O7/c1-4-5-6-7-8-9-10-11-26-49-37-24-19-32-27-34(14-13-33(32)28-37)41(48)51-36-20-15-30(16-21-36)39(46)50-35-22-17-31(18-23-35)40(47)52-38(42(43,44)45)25-12-29(2)3/h15-24,28-29,34,38H,4-14,25-27H2,1-3H3. The quantitative estimate of drug-likeness (QED) is 0.0691. The van der Waals surface area contributed by atoms with Crippen molar-refractivity contribution in [3.05, 3.63) is 89.0 Å². The Hall–Kier alpha value is -4.34. The fourth-order valence-electron chi connectivity index (χ4n) is 6.10. The summed E-state index contributed by atoms with van der Waals surface area (Å²) in [6.07, 6.45) is 5.07. The van der Waals surface area contributed by atoms with Crippen LogP contribution in [-0.2, 0) is 22.4 Å². The van der Waals surface area contributed by atoms with Gasteiger partial charge in [-0.05, 0) is 116 Å². The molecule has 0 saturated heterocycles. The van der Waals surface area contributed by atoms with Crippen molar-refractivity contribution in [2.24, 2.45) is 11.8 Å². The average molecular weight is 725 g/mol. The van der Waals surface area contributed by atoms with E-state index in [-0.39, 0.29) is 47.5 Å². The summed E-state index contributed by atoms with van der Waals surface area (Å²) in [6, 6.07) is 17.1. The number of carbonyl (C=O) groups excluding carboxylic acids is 3. The minimum absolute atomic E-state index is 0.0218. The maximum Gasteiger partial charge on any atom is 0.425 e. The van der Waals surface area contributed by atoms with Gasteiger partial charge in [0.2, 0.25) is 0 Å². The molecular formula is C42H51F3O7. The van der Waals surface area contributed by atoms with Gasteiger partial charge in [0.15, 0.2) is 6.10 Å². The second-order valence-corrected chi connectivity index (χ2v) is 14.0. The normalized spacial score (nSPS) is 14.7. The monoisotopic (exact) mass is 724 g/mol. The number of hydrogen-bond donors (Lipinski definition) is 0. The molecule has 0 aliphatic heterocycles. The molecule has 0 amide bonds. The van der Waals surface area contributed by atoms with E-state index in [1.165, 1.54) is 99.0 Å². The molecule has 1 aliphatic rings. The Morgan fingerprint density at radius 3 is 1.90 bits per heavy atom. The Labute approximate surface area is 305 Å². The van der Waals surface area contributed by atoms with Crippen LogP contribution in [0.3, 0.4) is 0 Å². The van der Waals surface area contributed by atoms with Gasteiger partial charge in [-0.15, -0.1) is 0 Å². The predicted molar refractivity (Wildman–Crippen MR) is 193 cm³/mol. The number of esters is 3. The number of hydrogen-bond acceptors (Lipinski definition) is 7. The first-order valence-corrected chi connectivity index (χ1v) is 18.6. The largest absolute Gasteiger partial charge is 0.494 e. The van der Waals surface area contributed by atoms with Gasteiger partial charge in [-0.25, -0.2) is 9.59 Å². The van der Waals surface area contributed by atoms with Gasteiger partial charge in [0.05, 0.1) is 23.7 Å². The fraction of sp³-hybridized carbons (Fsp3) is 0.500. The lowest BCUT2D eigenvalue weighted by atomic mass is 9.84. The first kappa shape index (κ1) is 40.4. The molecule has 1 aliphatic carbocycles. The van der Waals surface area contributed by atoms with Crippen molar-refractivity contribution in [2.75, 3.05) is 6.61 Å². The summed E-state index contributed by atoms with van der Waals surface area (Å²) in [6.45, 7) is 6.52. The second-order valence-electron chi connectivity index (χ2n) is 14.0. The van der Waals surface area contributed by atoms with Crippen molar-refractivity contribution in [3.8, 4) is 17.2 Å². The number of unbranched alkanes of at least 4 members (excludes halogenated alkanes) is 7. The van der Waals surface area contributed by atoms with Crippen molar-refractivity contribution < 1.29 is 46.5 Å². The molecule has 0 fully saturated rings. The van der Waals surface area contributed by atoms with Crippen molar-refractivity contribution in [3.63, 3.8) is 0 Å². The highest BCUT2D eigenvalue weighted by Gasteiger charge is 2.42. The SMILES string of the molecule is CCCCCCCCCCOc1ccc2c(c1)CCC(C(=O)Oc1ccc(C(=O)Oc3ccc(C(=O)OC(CCC(C)C)C(F)(F)F)cc3)cc1)C2. The van der Waals surface area contributed by atoms with Crippen LogP contribution in [0.2, 0.25) is 0 Å². The molecule has 0 aromatic heterocycles. The highest BCUT2D eigenvalue weighted by molar-refractivity contribution is 5.92. The molecule has 0 radical (unpaired) electrons. The number of halogens is 3. The van der Waals surface area contributed by atoms with Crippen LogP contribution in [0, 0.1) is 11.8 Å². The molecule has 10 heteroatoms. The maximum atomic E-state index is 13.4. The van der Waals surface area contributed by atoms with E-state index in [0.29, 0.717) is 25.2 Å². The van der Waals surface area contributed by atoms with Crippen LogP contribution in [0.5, 0.6) is 17.2 Å². The van der Waals surface area contributed by atoms with Gasteiger partial charge in [0.1, 0.15) is 17.2 Å². The zero-order valence-electron chi connectivity index (χ0n) is 30.5. The Morgan fingerprint density at radius 1 is 0.712 bits per heavy atom. The minimum Gasteiger partial charge on any atom is -0.494 e. The van der Waals surface area contributed by atoms with Crippen molar-refractivity contribution >= 4 is 17.9 Å². The van der Waals surface area contributed by atoms with E-state index >= 15 is 0 Å². The Morgan fingerprint density at radius 2 is 1.29 bits per heavy atom. The number of carbonyl (C=O) groups is 3. The van der Waals surface area contributed by atoms with Crippen LogP contribution < -0.4 is 14.2 Å². The van der Waals surface area contributed by atoms with Gasteiger partial charge in [-0.1, -0.05) is 71.8 Å². The third-order valence-corrected chi connectivity index (χ3v) is 9.24. The summed E-state index contributed by atoms with van der Waals surface area (Å²) in [5.41, 5.74) is 2.40. The van der Waals surface area contributed by atoms with E-state index in [0.717, 1.165) is 24.2 Å². The summed E-state index contributed by atoms with van der Waals surface area (Å²) < 4.78 is 61.8. The number of ether oxygens (including phenoxy) is 4. The van der Waals surface area contributed by atoms with Gasteiger partial charge in [-0.2, -0.15) is 13.2 Å². The summed E-state index contributed by atoms with van der Waals surface area (Å²) >= 11 is 0. The van der Waals surface area contributed by atoms with Crippen molar-refractivity contribution in [1.82, 2.24) is 0 Å². The molecule has 0 saturated carbocycles. The van der Waals surface area contributed by atoms with Gasteiger partial charge in [-0.3, -0.25) is 4.79 Å². The van der Waals surface area contributed by atoms with E-state index in [2.05, 4.69) is 13.0 Å². The van der Waals surface area contributed by atoms with Crippen LogP contribution in [0.25, 0.3) is 0 Å². The Kier molecular flexibility index (Phi) is 15.6. The van der Waals surface area contributed by atoms with Crippen LogP contribution in [-0.4, -0.2) is 36.8 Å². The second kappa shape index (κ2) is 20.0. The zero-order valence-corrected chi connectivity index (χ0v) is 30.5. The van der Waals surface area contributed by atoms with E-state index in [9.17, 15) is 27.6 Å². The lowest BCUT2D eigenvalue weighted by Gasteiger charge is -2.23. The van der Waals surface area contributed by atoms with Gasteiger partial charge >= 0.3 is 24.1 Å². The molecule has 4 rings (SSSR count). The molecule has 2 unspecified atom stereocenters. The van der Waals surface area contributed by atoms with Crippen LogP contribution in [0.1, 0.15) is 123 Å². The average Bonchev–Trinajstić information content (AvgIpc) is 3.12. The molecule has 0 bridgehead atoms. The van der Waals surface area contributed by atoms with Gasteiger partial charge in [0, 0.05) is 0 Å². The van der Waals surface area contributed by atoms with E-state index in [4.69, 9.17) is 18.9 Å². The van der Waals surface area contributed by atoms with Crippen LogP contribution >= 0.6 is 0 Å². The maximum absolute atomic E-state index is 13.4. The lowest BCUT2D eigenvalue weighted by Crippen LogP contribution is -2.34. The number of aryl methyl sites for hydroxylation is 1. The smallest absolute Gasteiger partial charge is 0.425 e. The molecule has 52 heavy (non-hydrogen) atoms. The predicted octanol–water partition coefficient (Wildman–Crippen LogP) is 10.7. The van der Waals surface area contributed by atoms with Crippen LogP contribution in [0.4, 0.5) is 13.2 Å². The number of benzene rings is 3. The Balaban J connectivity index is 1.20. The first-order valence-electron chi connectivity index (χ1n) is 18.6. The molecule has 3 aromatic carbocycles. The summed E-state index contributed by atoms with van der Waals surface area (Å²) in [5, 5.41) is 0. The number of fused-ring (bicyclic) bond motifs is 1. The molecular weight excluding hydrogens is 673 g/mol. The third kappa shape index (κ3) is 13.0. The summed E-state index contributed by atoms with van der Waals surface area (Å²) in [5.74, 6) is -1.17. The molecule has 7 nitrogen and oxygen atoms in total. The van der Waals surface area contributed by atoms with Gasteiger partial charge < -0.3 is 18.9 Å². The highest BCUT2D eigenvalue weighted by atomic mass is 19.4. The van der Waals surface area contributed by atoms with Crippen molar-refractivity contribution in [1.29, 1.82) is 0 Å². The highest BCUT2D eigenvalue weighted by Crippen LogP contribution is 2.31. The van der Waals surface area contributed by atoms with E-state index in [1.54, 1.807) is 13.8 Å². The number of rotatable bonds is 19. The molecule has 0 N–H and O–H groups in total. The molecule has 2 atom stereocenters. The molecule has 0 spiro atoms. The van der Waals surface area contributed by atoms with Crippen molar-refractivity contribution in [2.45, 2.75) is 117 Å². The Bertz CT molecular complexity index is 1580. The zero-order chi connectivity index (χ0) is 37.5. The van der Waals surface area contributed by atoms with Gasteiger partial charge in [0.25, 0.3) is 0 Å². The summed E-state index contributed by atoms with van der Waals surface area (Å²) in [4.78, 5) is 38.1. The molecule has 0 heterocycles. The minimum atomic E-state index is -4.68. The topological polar surface area (TPSA) is 88.1 Å². The lowest BCUT2D eigenvalue weighted by molar-refractivity contribution is -0.206. The first-order chi connectivity index (χ1) is 24.9. The molecule has 3 aromatic rings. The summed E-state index contributed by atoms with van der Waals surface area (Å²) in [7, 11) is 0. The van der Waals surface area contributed by atoms with Crippen LogP contribution in [0.15, 0.2) is 66.7 Å². The van der Waals surface area contributed by atoms with E-state index in [1.807, 2.05) is 12.1 Å².